The number of hydrogen-bond donors (Lipinski definition) is 1. The van der Waals surface area contributed by atoms with Gasteiger partial charge < -0.3 is 5.73 Å². The molecule has 0 heterocycles. The van der Waals surface area contributed by atoms with Crippen LogP contribution in [-0.2, 0) is 0 Å². The Morgan fingerprint density at radius 2 is 2.06 bits per heavy atom. The molecule has 1 unspecified atom stereocenters. The zero-order chi connectivity index (χ0) is 12.3. The van der Waals surface area contributed by atoms with Crippen LogP contribution >= 0.6 is 0 Å². The fourth-order valence-electron chi connectivity index (χ4n) is 1.64. The Labute approximate surface area is 95.7 Å². The van der Waals surface area contributed by atoms with Gasteiger partial charge in [0, 0.05) is 0 Å². The maximum absolute atomic E-state index is 13.4. The van der Waals surface area contributed by atoms with Gasteiger partial charge in [0.1, 0.15) is 5.82 Å². The maximum atomic E-state index is 13.4. The lowest BCUT2D eigenvalue weighted by atomic mass is 9.96. The summed E-state index contributed by atoms with van der Waals surface area (Å²) in [6, 6.07) is 3.89. The van der Waals surface area contributed by atoms with E-state index in [-0.39, 0.29) is 11.3 Å². The van der Waals surface area contributed by atoms with E-state index in [0.717, 1.165) is 5.56 Å². The van der Waals surface area contributed by atoms with Crippen LogP contribution in [0.1, 0.15) is 36.2 Å². The first-order valence-corrected chi connectivity index (χ1v) is 5.47. The molecule has 1 atom stereocenters. The van der Waals surface area contributed by atoms with Crippen LogP contribution in [0, 0.1) is 18.7 Å². The van der Waals surface area contributed by atoms with E-state index < -0.39 is 11.9 Å². The predicted molar refractivity (Wildman–Crippen MR) is 62.9 cm³/mol. The highest BCUT2D eigenvalue weighted by atomic mass is 19.1. The summed E-state index contributed by atoms with van der Waals surface area (Å²) in [5, 5.41) is 0. The number of carbonyl (C=O) groups excluding carboxylic acids is 1. The number of halogens is 1. The van der Waals surface area contributed by atoms with Crippen LogP contribution in [0.2, 0.25) is 0 Å². The van der Waals surface area contributed by atoms with Gasteiger partial charge in [-0.1, -0.05) is 25.5 Å². The summed E-state index contributed by atoms with van der Waals surface area (Å²) in [6.45, 7) is 5.80. The van der Waals surface area contributed by atoms with Crippen molar-refractivity contribution in [2.75, 3.05) is 0 Å². The second-order valence-electron chi connectivity index (χ2n) is 4.58. The number of benzene rings is 1. The molecule has 1 aromatic rings. The van der Waals surface area contributed by atoms with Crippen molar-refractivity contribution in [3.63, 3.8) is 0 Å². The number of aryl methyl sites for hydroxylation is 1. The number of ketones is 1. The molecule has 16 heavy (non-hydrogen) atoms. The van der Waals surface area contributed by atoms with E-state index in [9.17, 15) is 9.18 Å². The molecule has 2 N–H and O–H groups in total. The van der Waals surface area contributed by atoms with Gasteiger partial charge in [0.05, 0.1) is 11.6 Å². The Kier molecular flexibility index (Phi) is 4.19. The van der Waals surface area contributed by atoms with E-state index in [1.54, 1.807) is 12.1 Å². The van der Waals surface area contributed by atoms with Crippen LogP contribution in [0.15, 0.2) is 18.2 Å². The molecule has 0 aliphatic heterocycles. The molecule has 0 saturated carbocycles. The Bertz CT molecular complexity index is 388. The molecule has 0 spiro atoms. The number of Topliss-reactive ketones (excluding diaryl/α,β-unsaturated/α-hetero) is 1. The van der Waals surface area contributed by atoms with Crippen molar-refractivity contribution in [1.29, 1.82) is 0 Å². The van der Waals surface area contributed by atoms with Crippen molar-refractivity contribution in [1.82, 2.24) is 0 Å². The molecular formula is C13H18FNO. The van der Waals surface area contributed by atoms with Crippen molar-refractivity contribution < 1.29 is 9.18 Å². The highest BCUT2D eigenvalue weighted by Crippen LogP contribution is 2.14. The Morgan fingerprint density at radius 3 is 2.62 bits per heavy atom. The first kappa shape index (κ1) is 12.8. The normalized spacial score (nSPS) is 12.9. The highest BCUT2D eigenvalue weighted by molar-refractivity contribution is 6.00. The van der Waals surface area contributed by atoms with Gasteiger partial charge in [0.25, 0.3) is 0 Å². The third-order valence-electron chi connectivity index (χ3n) is 2.45. The molecule has 3 heteroatoms. The SMILES string of the molecule is Cc1ccc(F)c(C(=O)C(N)CC(C)C)c1. The Hall–Kier alpha value is -1.22. The summed E-state index contributed by atoms with van der Waals surface area (Å²) in [7, 11) is 0. The zero-order valence-electron chi connectivity index (χ0n) is 9.96. The number of nitrogens with two attached hydrogens (primary N) is 1. The molecule has 0 saturated heterocycles. The van der Waals surface area contributed by atoms with E-state index in [4.69, 9.17) is 5.73 Å². The molecule has 0 fully saturated rings. The molecule has 1 aromatic carbocycles. The fourth-order valence-corrected chi connectivity index (χ4v) is 1.64. The van der Waals surface area contributed by atoms with Crippen LogP contribution in [0.4, 0.5) is 4.39 Å². The van der Waals surface area contributed by atoms with Gasteiger partial charge in [-0.2, -0.15) is 0 Å². The summed E-state index contributed by atoms with van der Waals surface area (Å²) in [5.41, 5.74) is 6.72. The van der Waals surface area contributed by atoms with Gasteiger partial charge in [-0.3, -0.25) is 4.79 Å². The second-order valence-corrected chi connectivity index (χ2v) is 4.58. The number of carbonyl (C=O) groups is 1. The van der Waals surface area contributed by atoms with E-state index in [2.05, 4.69) is 0 Å². The summed E-state index contributed by atoms with van der Waals surface area (Å²) in [5.74, 6) is -0.475. The minimum absolute atomic E-state index is 0.105. The van der Waals surface area contributed by atoms with Crippen LogP contribution in [-0.4, -0.2) is 11.8 Å². The van der Waals surface area contributed by atoms with Gasteiger partial charge >= 0.3 is 0 Å². The summed E-state index contributed by atoms with van der Waals surface area (Å²) in [4.78, 5) is 11.9. The van der Waals surface area contributed by atoms with E-state index >= 15 is 0 Å². The van der Waals surface area contributed by atoms with E-state index in [1.165, 1.54) is 6.07 Å². The molecule has 0 radical (unpaired) electrons. The van der Waals surface area contributed by atoms with Crippen molar-refractivity contribution in [2.24, 2.45) is 11.7 Å². The Balaban J connectivity index is 2.91. The van der Waals surface area contributed by atoms with Crippen LogP contribution in [0.5, 0.6) is 0 Å². The lowest BCUT2D eigenvalue weighted by molar-refractivity contribution is 0.0947. The van der Waals surface area contributed by atoms with Crippen LogP contribution in [0.3, 0.4) is 0 Å². The standard InChI is InChI=1S/C13H18FNO/c1-8(2)6-12(15)13(16)10-7-9(3)4-5-11(10)14/h4-5,7-8,12H,6,15H2,1-3H3. The molecule has 0 bridgehead atoms. The average Bonchev–Trinajstić information content (AvgIpc) is 2.19. The molecule has 0 aliphatic rings. The quantitative estimate of drug-likeness (QED) is 0.797. The van der Waals surface area contributed by atoms with Gasteiger partial charge in [0.2, 0.25) is 0 Å². The van der Waals surface area contributed by atoms with Crippen LogP contribution < -0.4 is 5.73 Å². The topological polar surface area (TPSA) is 43.1 Å². The molecule has 88 valence electrons. The maximum Gasteiger partial charge on any atom is 0.182 e. The summed E-state index contributed by atoms with van der Waals surface area (Å²) in [6.07, 6.45) is 0.576. The lowest BCUT2D eigenvalue weighted by Crippen LogP contribution is -2.32. The number of rotatable bonds is 4. The molecule has 1 rings (SSSR count). The first-order chi connectivity index (χ1) is 7.41. The van der Waals surface area contributed by atoms with Gasteiger partial charge in [-0.25, -0.2) is 4.39 Å². The second kappa shape index (κ2) is 5.21. The summed E-state index contributed by atoms with van der Waals surface area (Å²) >= 11 is 0. The zero-order valence-corrected chi connectivity index (χ0v) is 9.96. The smallest absolute Gasteiger partial charge is 0.182 e. The fraction of sp³-hybridized carbons (Fsp3) is 0.462. The molecule has 0 amide bonds. The van der Waals surface area contributed by atoms with Crippen LogP contribution in [0.25, 0.3) is 0 Å². The monoisotopic (exact) mass is 223 g/mol. The molecule has 0 aliphatic carbocycles. The van der Waals surface area contributed by atoms with Crippen molar-refractivity contribution in [3.05, 3.63) is 35.1 Å². The Morgan fingerprint density at radius 1 is 1.44 bits per heavy atom. The first-order valence-electron chi connectivity index (χ1n) is 5.47. The minimum Gasteiger partial charge on any atom is -0.321 e. The lowest BCUT2D eigenvalue weighted by Gasteiger charge is -2.13. The van der Waals surface area contributed by atoms with Crippen molar-refractivity contribution in [2.45, 2.75) is 33.2 Å². The third-order valence-corrected chi connectivity index (χ3v) is 2.45. The largest absolute Gasteiger partial charge is 0.321 e. The minimum atomic E-state index is -0.615. The molecule has 0 aromatic heterocycles. The third kappa shape index (κ3) is 3.14. The summed E-state index contributed by atoms with van der Waals surface area (Å²) < 4.78 is 13.4. The van der Waals surface area contributed by atoms with E-state index in [1.807, 2.05) is 20.8 Å². The van der Waals surface area contributed by atoms with Gasteiger partial charge in [-0.05, 0) is 31.4 Å². The van der Waals surface area contributed by atoms with Gasteiger partial charge in [0.15, 0.2) is 5.78 Å². The highest BCUT2D eigenvalue weighted by Gasteiger charge is 2.20. The van der Waals surface area contributed by atoms with Crippen molar-refractivity contribution >= 4 is 5.78 Å². The average molecular weight is 223 g/mol. The van der Waals surface area contributed by atoms with E-state index in [0.29, 0.717) is 12.3 Å². The van der Waals surface area contributed by atoms with Gasteiger partial charge in [-0.15, -0.1) is 0 Å². The predicted octanol–water partition coefficient (Wildman–Crippen LogP) is 2.69. The molecule has 2 nitrogen and oxygen atoms in total. The molecular weight excluding hydrogens is 205 g/mol. The number of hydrogen-bond acceptors (Lipinski definition) is 2. The van der Waals surface area contributed by atoms with Crippen molar-refractivity contribution in [3.8, 4) is 0 Å².